The Balaban J connectivity index is 2.42. The van der Waals surface area contributed by atoms with Crippen LogP contribution in [0.25, 0.3) is 0 Å². The van der Waals surface area contributed by atoms with Gasteiger partial charge in [-0.15, -0.1) is 0 Å². The smallest absolute Gasteiger partial charge is 0.258 e. The van der Waals surface area contributed by atoms with E-state index in [0.717, 1.165) is 5.56 Å². The maximum Gasteiger partial charge on any atom is 0.258 e. The third-order valence-electron chi connectivity index (χ3n) is 2.32. The number of aryl methyl sites for hydroxylation is 1. The first kappa shape index (κ1) is 14.8. The van der Waals surface area contributed by atoms with E-state index in [9.17, 15) is 4.79 Å². The third kappa shape index (κ3) is 4.94. The van der Waals surface area contributed by atoms with Crippen LogP contribution in [0.15, 0.2) is 18.2 Å². The number of nitrogens with one attached hydrogen (secondary N) is 1. The molecule has 1 aromatic carbocycles. The van der Waals surface area contributed by atoms with Gasteiger partial charge in [0.15, 0.2) is 6.61 Å². The molecule has 0 heterocycles. The fourth-order valence-electron chi connectivity index (χ4n) is 1.53. The van der Waals surface area contributed by atoms with E-state index >= 15 is 0 Å². The average Bonchev–Trinajstić information content (AvgIpc) is 2.28. The van der Waals surface area contributed by atoms with Gasteiger partial charge >= 0.3 is 0 Å². The fourth-order valence-corrected chi connectivity index (χ4v) is 1.75. The van der Waals surface area contributed by atoms with Gasteiger partial charge in [-0.1, -0.05) is 11.6 Å². The van der Waals surface area contributed by atoms with Crippen molar-refractivity contribution in [2.75, 3.05) is 20.3 Å². The number of carbonyl (C=O) groups is 1. The van der Waals surface area contributed by atoms with Crippen molar-refractivity contribution in [2.45, 2.75) is 19.9 Å². The topological polar surface area (TPSA) is 47.6 Å². The van der Waals surface area contributed by atoms with Gasteiger partial charge in [0, 0.05) is 18.2 Å². The molecule has 0 radical (unpaired) electrons. The molecule has 1 rings (SSSR count). The number of rotatable bonds is 6. The first-order valence-electron chi connectivity index (χ1n) is 5.70. The molecule has 100 valence electrons. The largest absolute Gasteiger partial charge is 0.484 e. The highest BCUT2D eigenvalue weighted by Gasteiger charge is 2.08. The van der Waals surface area contributed by atoms with E-state index in [4.69, 9.17) is 21.1 Å². The van der Waals surface area contributed by atoms with Gasteiger partial charge in [-0.05, 0) is 37.6 Å². The normalized spacial score (nSPS) is 12.0. The van der Waals surface area contributed by atoms with Crippen molar-refractivity contribution >= 4 is 17.5 Å². The predicted molar refractivity (Wildman–Crippen MR) is 71.2 cm³/mol. The summed E-state index contributed by atoms with van der Waals surface area (Å²) >= 11 is 5.83. The van der Waals surface area contributed by atoms with Gasteiger partial charge < -0.3 is 14.8 Å². The molecule has 1 atom stereocenters. The Bertz CT molecular complexity index is 409. The molecule has 0 aromatic heterocycles. The highest BCUT2D eigenvalue weighted by molar-refractivity contribution is 6.30. The van der Waals surface area contributed by atoms with Crippen LogP contribution in [0, 0.1) is 6.92 Å². The molecular weight excluding hydrogens is 254 g/mol. The van der Waals surface area contributed by atoms with Crippen molar-refractivity contribution in [3.05, 3.63) is 28.8 Å². The lowest BCUT2D eigenvalue weighted by molar-refractivity contribution is -0.124. The predicted octanol–water partition coefficient (Wildman–Crippen LogP) is 2.18. The standard InChI is InChI=1S/C13H18ClNO3/c1-9-6-11(14)4-5-12(9)18-8-13(16)15-10(2)7-17-3/h4-6,10H,7-8H2,1-3H3,(H,15,16). The maximum absolute atomic E-state index is 11.6. The van der Waals surface area contributed by atoms with Crippen molar-refractivity contribution in [3.8, 4) is 5.75 Å². The number of amides is 1. The number of halogens is 1. The van der Waals surface area contributed by atoms with Crippen molar-refractivity contribution in [1.29, 1.82) is 0 Å². The Hall–Kier alpha value is -1.26. The van der Waals surface area contributed by atoms with Crippen LogP contribution in [0.5, 0.6) is 5.75 Å². The van der Waals surface area contributed by atoms with E-state index in [1.165, 1.54) is 0 Å². The minimum Gasteiger partial charge on any atom is -0.484 e. The van der Waals surface area contributed by atoms with E-state index in [1.54, 1.807) is 25.3 Å². The molecule has 1 N–H and O–H groups in total. The molecule has 0 aliphatic heterocycles. The number of methoxy groups -OCH3 is 1. The van der Waals surface area contributed by atoms with Crippen molar-refractivity contribution in [2.24, 2.45) is 0 Å². The summed E-state index contributed by atoms with van der Waals surface area (Å²) in [6.07, 6.45) is 0. The van der Waals surface area contributed by atoms with Crippen LogP contribution < -0.4 is 10.1 Å². The van der Waals surface area contributed by atoms with Gasteiger partial charge in [-0.25, -0.2) is 0 Å². The highest BCUT2D eigenvalue weighted by atomic mass is 35.5. The number of carbonyl (C=O) groups excluding carboxylic acids is 1. The van der Waals surface area contributed by atoms with Crippen molar-refractivity contribution in [3.63, 3.8) is 0 Å². The lowest BCUT2D eigenvalue weighted by Gasteiger charge is -2.14. The van der Waals surface area contributed by atoms with E-state index in [-0.39, 0.29) is 18.6 Å². The second-order valence-corrected chi connectivity index (χ2v) is 4.56. The van der Waals surface area contributed by atoms with Crippen LogP contribution >= 0.6 is 11.6 Å². The van der Waals surface area contributed by atoms with Gasteiger partial charge in [0.1, 0.15) is 5.75 Å². The summed E-state index contributed by atoms with van der Waals surface area (Å²) in [5.74, 6) is 0.489. The van der Waals surface area contributed by atoms with Gasteiger partial charge in [0.05, 0.1) is 6.61 Å². The number of hydrogen-bond acceptors (Lipinski definition) is 3. The Morgan fingerprint density at radius 3 is 2.83 bits per heavy atom. The van der Waals surface area contributed by atoms with E-state index in [2.05, 4.69) is 5.32 Å². The average molecular weight is 272 g/mol. The lowest BCUT2D eigenvalue weighted by Crippen LogP contribution is -2.38. The van der Waals surface area contributed by atoms with Crippen LogP contribution in [0.4, 0.5) is 0 Å². The lowest BCUT2D eigenvalue weighted by atomic mass is 10.2. The zero-order valence-electron chi connectivity index (χ0n) is 10.8. The summed E-state index contributed by atoms with van der Waals surface area (Å²) in [7, 11) is 1.59. The monoisotopic (exact) mass is 271 g/mol. The van der Waals surface area contributed by atoms with Crippen LogP contribution in [0.1, 0.15) is 12.5 Å². The third-order valence-corrected chi connectivity index (χ3v) is 2.55. The molecule has 1 aromatic rings. The van der Waals surface area contributed by atoms with Crippen molar-refractivity contribution in [1.82, 2.24) is 5.32 Å². The number of ether oxygens (including phenoxy) is 2. The Morgan fingerprint density at radius 2 is 2.22 bits per heavy atom. The molecule has 5 heteroatoms. The summed E-state index contributed by atoms with van der Waals surface area (Å²) < 4.78 is 10.4. The van der Waals surface area contributed by atoms with Gasteiger partial charge in [0.25, 0.3) is 5.91 Å². The van der Waals surface area contributed by atoms with Crippen molar-refractivity contribution < 1.29 is 14.3 Å². The number of benzene rings is 1. The molecule has 4 nitrogen and oxygen atoms in total. The summed E-state index contributed by atoms with van der Waals surface area (Å²) in [6, 6.07) is 5.25. The molecule has 0 saturated carbocycles. The molecule has 1 unspecified atom stereocenters. The maximum atomic E-state index is 11.6. The molecule has 18 heavy (non-hydrogen) atoms. The molecule has 0 aliphatic rings. The molecule has 0 saturated heterocycles. The fraction of sp³-hybridized carbons (Fsp3) is 0.462. The zero-order chi connectivity index (χ0) is 13.5. The second kappa shape index (κ2) is 7.24. The zero-order valence-corrected chi connectivity index (χ0v) is 11.6. The Kier molecular flexibility index (Phi) is 5.95. The van der Waals surface area contributed by atoms with Crippen LogP contribution in [-0.2, 0) is 9.53 Å². The summed E-state index contributed by atoms with van der Waals surface area (Å²) in [4.78, 5) is 11.6. The first-order valence-corrected chi connectivity index (χ1v) is 6.08. The molecule has 0 aliphatic carbocycles. The first-order chi connectivity index (χ1) is 8.52. The quantitative estimate of drug-likeness (QED) is 0.863. The SMILES string of the molecule is COCC(C)NC(=O)COc1ccc(Cl)cc1C. The van der Waals surface area contributed by atoms with Crippen LogP contribution in [-0.4, -0.2) is 32.3 Å². The van der Waals surface area contributed by atoms with E-state index in [0.29, 0.717) is 17.4 Å². The molecular formula is C13H18ClNO3. The number of hydrogen-bond donors (Lipinski definition) is 1. The van der Waals surface area contributed by atoms with Crippen LogP contribution in [0.2, 0.25) is 5.02 Å². The molecule has 0 bridgehead atoms. The van der Waals surface area contributed by atoms with Gasteiger partial charge in [-0.2, -0.15) is 0 Å². The minimum atomic E-state index is -0.172. The highest BCUT2D eigenvalue weighted by Crippen LogP contribution is 2.21. The minimum absolute atomic E-state index is 0.0173. The Labute approximate surface area is 112 Å². The molecule has 0 fully saturated rings. The van der Waals surface area contributed by atoms with Gasteiger partial charge in [-0.3, -0.25) is 4.79 Å². The second-order valence-electron chi connectivity index (χ2n) is 4.12. The van der Waals surface area contributed by atoms with E-state index in [1.807, 2.05) is 13.8 Å². The van der Waals surface area contributed by atoms with E-state index < -0.39 is 0 Å². The molecule has 0 spiro atoms. The summed E-state index contributed by atoms with van der Waals surface area (Å²) in [5.41, 5.74) is 0.903. The molecule has 1 amide bonds. The summed E-state index contributed by atoms with van der Waals surface area (Å²) in [5, 5.41) is 3.42. The van der Waals surface area contributed by atoms with Gasteiger partial charge in [0.2, 0.25) is 0 Å². The summed E-state index contributed by atoms with van der Waals surface area (Å²) in [6.45, 7) is 4.21. The Morgan fingerprint density at radius 1 is 1.50 bits per heavy atom. The van der Waals surface area contributed by atoms with Crippen LogP contribution in [0.3, 0.4) is 0 Å².